The molecule has 2 aromatic rings. The van der Waals surface area contributed by atoms with E-state index in [9.17, 15) is 4.79 Å². The lowest BCUT2D eigenvalue weighted by Crippen LogP contribution is -1.99. The van der Waals surface area contributed by atoms with Crippen LogP contribution < -0.4 is 4.74 Å². The summed E-state index contributed by atoms with van der Waals surface area (Å²) in [6, 6.07) is 12.3. The van der Waals surface area contributed by atoms with Gasteiger partial charge < -0.3 is 9.47 Å². The second-order valence-corrected chi connectivity index (χ2v) is 6.53. The largest absolute Gasteiger partial charge is 0.494 e. The lowest BCUT2D eigenvalue weighted by Gasteiger charge is -2.08. The van der Waals surface area contributed by atoms with Crippen molar-refractivity contribution in [3.05, 3.63) is 53.1 Å². The molecule has 3 rings (SSSR count). The van der Waals surface area contributed by atoms with Gasteiger partial charge in [0.25, 0.3) is 0 Å². The SMILES string of the molecule is CCOCCCCCOc1ccc2c(c1)Cc1cc(C(C)=O)ccc1-2. The van der Waals surface area contributed by atoms with E-state index >= 15 is 0 Å². The molecule has 0 fully saturated rings. The first kappa shape index (κ1) is 17.7. The molecule has 0 aliphatic heterocycles. The van der Waals surface area contributed by atoms with Gasteiger partial charge in [-0.2, -0.15) is 0 Å². The Morgan fingerprint density at radius 1 is 0.960 bits per heavy atom. The van der Waals surface area contributed by atoms with Gasteiger partial charge in [-0.1, -0.05) is 18.2 Å². The fourth-order valence-electron chi connectivity index (χ4n) is 3.31. The van der Waals surface area contributed by atoms with Gasteiger partial charge in [-0.05, 0) is 80.0 Å². The van der Waals surface area contributed by atoms with E-state index in [1.54, 1.807) is 6.92 Å². The third-order valence-corrected chi connectivity index (χ3v) is 4.67. The van der Waals surface area contributed by atoms with E-state index in [0.29, 0.717) is 0 Å². The summed E-state index contributed by atoms with van der Waals surface area (Å²) in [6.07, 6.45) is 4.14. The molecule has 0 spiro atoms. The number of ketones is 1. The van der Waals surface area contributed by atoms with E-state index < -0.39 is 0 Å². The molecule has 0 radical (unpaired) electrons. The van der Waals surface area contributed by atoms with Gasteiger partial charge in [0.15, 0.2) is 5.78 Å². The molecule has 0 atom stereocenters. The van der Waals surface area contributed by atoms with Crippen LogP contribution >= 0.6 is 0 Å². The normalized spacial score (nSPS) is 11.9. The number of carbonyl (C=O) groups is 1. The highest BCUT2D eigenvalue weighted by molar-refractivity contribution is 5.95. The molecule has 2 aromatic carbocycles. The average Bonchev–Trinajstić information content (AvgIpc) is 2.97. The van der Waals surface area contributed by atoms with E-state index in [1.165, 1.54) is 22.3 Å². The molecule has 0 saturated heterocycles. The molecular weight excluding hydrogens is 312 g/mol. The van der Waals surface area contributed by atoms with Crippen LogP contribution in [0.3, 0.4) is 0 Å². The molecule has 0 heterocycles. The van der Waals surface area contributed by atoms with Gasteiger partial charge in [0.1, 0.15) is 5.75 Å². The fourth-order valence-corrected chi connectivity index (χ4v) is 3.31. The van der Waals surface area contributed by atoms with Crippen molar-refractivity contribution in [1.29, 1.82) is 0 Å². The maximum Gasteiger partial charge on any atom is 0.159 e. The van der Waals surface area contributed by atoms with Crippen LogP contribution in [-0.2, 0) is 11.2 Å². The van der Waals surface area contributed by atoms with Crippen molar-refractivity contribution < 1.29 is 14.3 Å². The van der Waals surface area contributed by atoms with Gasteiger partial charge in [0, 0.05) is 18.8 Å². The first-order valence-electron chi connectivity index (χ1n) is 9.16. The number of hydrogen-bond acceptors (Lipinski definition) is 3. The fraction of sp³-hybridized carbons (Fsp3) is 0.409. The first-order chi connectivity index (χ1) is 12.2. The lowest BCUT2D eigenvalue weighted by molar-refractivity contribution is 0.101. The van der Waals surface area contributed by atoms with Crippen LogP contribution in [0.1, 0.15) is 54.6 Å². The molecule has 0 unspecified atom stereocenters. The third kappa shape index (κ3) is 4.29. The monoisotopic (exact) mass is 338 g/mol. The predicted octanol–water partition coefficient (Wildman–Crippen LogP) is 5.05. The topological polar surface area (TPSA) is 35.5 Å². The van der Waals surface area contributed by atoms with Crippen molar-refractivity contribution in [1.82, 2.24) is 0 Å². The minimum Gasteiger partial charge on any atom is -0.494 e. The Kier molecular flexibility index (Phi) is 5.87. The summed E-state index contributed by atoms with van der Waals surface area (Å²) in [7, 11) is 0. The number of hydrogen-bond donors (Lipinski definition) is 0. The highest BCUT2D eigenvalue weighted by Gasteiger charge is 2.19. The smallest absolute Gasteiger partial charge is 0.159 e. The van der Waals surface area contributed by atoms with E-state index in [0.717, 1.165) is 56.8 Å². The van der Waals surface area contributed by atoms with Crippen molar-refractivity contribution in [2.45, 2.75) is 39.5 Å². The number of Topliss-reactive ketones (excluding diaryl/α,β-unsaturated/α-hetero) is 1. The Hall–Kier alpha value is -2.13. The number of ether oxygens (including phenoxy) is 2. The molecule has 1 aliphatic rings. The van der Waals surface area contributed by atoms with Crippen molar-refractivity contribution in [3.63, 3.8) is 0 Å². The molecule has 25 heavy (non-hydrogen) atoms. The van der Waals surface area contributed by atoms with E-state index in [1.807, 2.05) is 25.1 Å². The van der Waals surface area contributed by atoms with Crippen LogP contribution in [0.2, 0.25) is 0 Å². The maximum absolute atomic E-state index is 11.6. The molecule has 3 heteroatoms. The second-order valence-electron chi connectivity index (χ2n) is 6.53. The zero-order valence-electron chi connectivity index (χ0n) is 15.1. The lowest BCUT2D eigenvalue weighted by atomic mass is 10.0. The standard InChI is InChI=1S/C22H26O3/c1-3-24-11-5-4-6-12-25-20-8-10-22-19(15-20)14-18-13-17(16(2)23)7-9-21(18)22/h7-10,13,15H,3-6,11-12,14H2,1-2H3. The van der Waals surface area contributed by atoms with Crippen molar-refractivity contribution in [2.75, 3.05) is 19.8 Å². The molecule has 3 nitrogen and oxygen atoms in total. The Balaban J connectivity index is 1.57. The molecular formula is C22H26O3. The van der Waals surface area contributed by atoms with Gasteiger partial charge in [0.2, 0.25) is 0 Å². The number of fused-ring (bicyclic) bond motifs is 3. The quantitative estimate of drug-likeness (QED) is 0.405. The van der Waals surface area contributed by atoms with Gasteiger partial charge >= 0.3 is 0 Å². The van der Waals surface area contributed by atoms with Crippen molar-refractivity contribution in [2.24, 2.45) is 0 Å². The number of carbonyl (C=O) groups excluding carboxylic acids is 1. The molecule has 132 valence electrons. The van der Waals surface area contributed by atoms with Crippen LogP contribution in [0.15, 0.2) is 36.4 Å². The Morgan fingerprint density at radius 2 is 1.68 bits per heavy atom. The predicted molar refractivity (Wildman–Crippen MR) is 101 cm³/mol. The molecule has 0 N–H and O–H groups in total. The average molecular weight is 338 g/mol. The van der Waals surface area contributed by atoms with Gasteiger partial charge in [-0.15, -0.1) is 0 Å². The van der Waals surface area contributed by atoms with Gasteiger partial charge in [0.05, 0.1) is 6.61 Å². The molecule has 0 amide bonds. The van der Waals surface area contributed by atoms with Crippen LogP contribution in [0.5, 0.6) is 5.75 Å². The van der Waals surface area contributed by atoms with Gasteiger partial charge in [-0.25, -0.2) is 0 Å². The summed E-state index contributed by atoms with van der Waals surface area (Å²) in [5.41, 5.74) is 5.80. The van der Waals surface area contributed by atoms with Gasteiger partial charge in [-0.3, -0.25) is 4.79 Å². The Morgan fingerprint density at radius 3 is 2.44 bits per heavy atom. The maximum atomic E-state index is 11.6. The summed E-state index contributed by atoms with van der Waals surface area (Å²) in [4.78, 5) is 11.6. The highest BCUT2D eigenvalue weighted by Crippen LogP contribution is 2.38. The summed E-state index contributed by atoms with van der Waals surface area (Å²) >= 11 is 0. The number of rotatable bonds is 9. The third-order valence-electron chi connectivity index (χ3n) is 4.67. The van der Waals surface area contributed by atoms with Crippen LogP contribution in [0, 0.1) is 0 Å². The summed E-state index contributed by atoms with van der Waals surface area (Å²) in [6.45, 7) is 6.02. The van der Waals surface area contributed by atoms with Crippen molar-refractivity contribution >= 4 is 5.78 Å². The Bertz CT molecular complexity index is 749. The zero-order valence-corrected chi connectivity index (χ0v) is 15.1. The first-order valence-corrected chi connectivity index (χ1v) is 9.16. The zero-order chi connectivity index (χ0) is 17.6. The minimum absolute atomic E-state index is 0.118. The van der Waals surface area contributed by atoms with Crippen LogP contribution in [0.25, 0.3) is 11.1 Å². The molecule has 1 aliphatic carbocycles. The Labute approximate surface area is 150 Å². The highest BCUT2D eigenvalue weighted by atomic mass is 16.5. The van der Waals surface area contributed by atoms with E-state index in [-0.39, 0.29) is 5.78 Å². The summed E-state index contributed by atoms with van der Waals surface area (Å²) in [5.74, 6) is 1.05. The minimum atomic E-state index is 0.118. The molecule has 0 aromatic heterocycles. The van der Waals surface area contributed by atoms with Crippen LogP contribution in [-0.4, -0.2) is 25.6 Å². The summed E-state index contributed by atoms with van der Waals surface area (Å²) in [5, 5.41) is 0. The van der Waals surface area contributed by atoms with E-state index in [2.05, 4.69) is 18.2 Å². The number of benzene rings is 2. The number of unbranched alkanes of at least 4 members (excludes halogenated alkanes) is 2. The molecule has 0 saturated carbocycles. The van der Waals surface area contributed by atoms with Crippen molar-refractivity contribution in [3.8, 4) is 16.9 Å². The second kappa shape index (κ2) is 8.30. The summed E-state index contributed by atoms with van der Waals surface area (Å²) < 4.78 is 11.2. The molecule has 0 bridgehead atoms. The van der Waals surface area contributed by atoms with Crippen LogP contribution in [0.4, 0.5) is 0 Å². The van der Waals surface area contributed by atoms with E-state index in [4.69, 9.17) is 9.47 Å².